The predicted octanol–water partition coefficient (Wildman–Crippen LogP) is 3.05. The van der Waals surface area contributed by atoms with E-state index in [4.69, 9.17) is 23.2 Å². The quantitative estimate of drug-likeness (QED) is 0.795. The molecule has 1 aliphatic heterocycles. The minimum atomic E-state index is -0.638. The van der Waals surface area contributed by atoms with E-state index in [9.17, 15) is 14.4 Å². The van der Waals surface area contributed by atoms with Gasteiger partial charge in [0.1, 0.15) is 0 Å². The average Bonchev–Trinajstić information content (AvgIpc) is 2.81. The van der Waals surface area contributed by atoms with E-state index in [-0.39, 0.29) is 24.7 Å². The molecule has 8 heteroatoms. The van der Waals surface area contributed by atoms with Gasteiger partial charge in [-0.05, 0) is 37.4 Å². The minimum absolute atomic E-state index is 0.0200. The summed E-state index contributed by atoms with van der Waals surface area (Å²) in [5, 5.41) is 3.54. The van der Waals surface area contributed by atoms with Crippen LogP contribution >= 0.6 is 23.2 Å². The number of para-hydroxylation sites is 1. The van der Waals surface area contributed by atoms with Crippen molar-refractivity contribution in [3.63, 3.8) is 0 Å². The number of ketones is 1. The fourth-order valence-corrected chi connectivity index (χ4v) is 3.06. The number of hydrogen-bond donors (Lipinski definition) is 1. The van der Waals surface area contributed by atoms with Crippen molar-refractivity contribution in [2.75, 3.05) is 30.5 Å². The van der Waals surface area contributed by atoms with Crippen molar-refractivity contribution in [3.8, 4) is 0 Å². The predicted molar refractivity (Wildman–Crippen MR) is 101 cm³/mol. The number of carbonyl (C=O) groups is 3. The highest BCUT2D eigenvalue weighted by Gasteiger charge is 2.36. The molecule has 0 fully saturated rings. The van der Waals surface area contributed by atoms with Gasteiger partial charge >= 0.3 is 5.91 Å². The molecular formula is C18H15Cl2N3O3. The Balaban J connectivity index is 1.66. The Morgan fingerprint density at radius 1 is 1.15 bits per heavy atom. The molecule has 0 unspecified atom stereocenters. The van der Waals surface area contributed by atoms with Crippen LogP contribution in [0.25, 0.3) is 0 Å². The van der Waals surface area contributed by atoms with E-state index in [0.717, 1.165) is 0 Å². The molecule has 134 valence electrons. The van der Waals surface area contributed by atoms with E-state index < -0.39 is 11.7 Å². The first-order valence-electron chi connectivity index (χ1n) is 7.75. The number of Topliss-reactive ketones (excluding diaryl/α,β-unsaturated/α-hetero) is 1. The van der Waals surface area contributed by atoms with Gasteiger partial charge in [0.05, 0.1) is 35.2 Å². The van der Waals surface area contributed by atoms with Crippen molar-refractivity contribution < 1.29 is 14.4 Å². The second-order valence-corrected chi connectivity index (χ2v) is 6.75. The van der Waals surface area contributed by atoms with Crippen LogP contribution in [-0.2, 0) is 9.59 Å². The monoisotopic (exact) mass is 391 g/mol. The summed E-state index contributed by atoms with van der Waals surface area (Å²) in [6, 6.07) is 11.6. The van der Waals surface area contributed by atoms with Crippen molar-refractivity contribution in [1.29, 1.82) is 0 Å². The number of benzene rings is 2. The van der Waals surface area contributed by atoms with Crippen LogP contribution in [0.1, 0.15) is 10.4 Å². The number of hydrogen-bond acceptors (Lipinski definition) is 4. The van der Waals surface area contributed by atoms with Crippen molar-refractivity contribution in [2.24, 2.45) is 0 Å². The first-order chi connectivity index (χ1) is 12.4. The molecule has 0 spiro atoms. The van der Waals surface area contributed by atoms with Crippen molar-refractivity contribution in [3.05, 3.63) is 58.1 Å². The summed E-state index contributed by atoms with van der Waals surface area (Å²) in [7, 11) is 1.68. The molecule has 3 rings (SSSR count). The summed E-state index contributed by atoms with van der Waals surface area (Å²) in [4.78, 5) is 39.4. The topological polar surface area (TPSA) is 69.7 Å². The second kappa shape index (κ2) is 7.45. The molecule has 6 nitrogen and oxygen atoms in total. The van der Waals surface area contributed by atoms with Gasteiger partial charge in [0.2, 0.25) is 5.91 Å². The highest BCUT2D eigenvalue weighted by molar-refractivity contribution is 6.52. The summed E-state index contributed by atoms with van der Waals surface area (Å²) >= 11 is 11.9. The van der Waals surface area contributed by atoms with Crippen molar-refractivity contribution >= 4 is 52.2 Å². The normalized spacial score (nSPS) is 13.3. The van der Waals surface area contributed by atoms with Crippen LogP contribution in [-0.4, -0.2) is 42.8 Å². The van der Waals surface area contributed by atoms with Gasteiger partial charge in [-0.2, -0.15) is 0 Å². The maximum Gasteiger partial charge on any atom is 0.300 e. The lowest BCUT2D eigenvalue weighted by Crippen LogP contribution is -2.42. The number of amides is 2. The maximum atomic E-state index is 12.2. The number of nitrogens with zero attached hydrogens (tertiary/aromatic N) is 2. The smallest absolute Gasteiger partial charge is 0.300 e. The Bertz CT molecular complexity index is 901. The number of carbonyl (C=O) groups excluding carboxylic acids is 3. The van der Waals surface area contributed by atoms with Gasteiger partial charge in [0.15, 0.2) is 0 Å². The fraction of sp³-hybridized carbons (Fsp3) is 0.167. The van der Waals surface area contributed by atoms with Gasteiger partial charge in [-0.1, -0.05) is 35.3 Å². The Labute approximate surface area is 160 Å². The zero-order valence-electron chi connectivity index (χ0n) is 13.8. The first kappa shape index (κ1) is 18.4. The van der Waals surface area contributed by atoms with Crippen LogP contribution < -0.4 is 10.2 Å². The third-order valence-corrected chi connectivity index (χ3v) is 4.44. The van der Waals surface area contributed by atoms with E-state index in [1.165, 1.54) is 11.0 Å². The molecule has 1 N–H and O–H groups in total. The molecule has 1 aliphatic rings. The lowest BCUT2D eigenvalue weighted by atomic mass is 10.1. The molecule has 2 amide bonds. The highest BCUT2D eigenvalue weighted by atomic mass is 35.5. The number of fused-ring (bicyclic) bond motifs is 1. The average molecular weight is 392 g/mol. The molecule has 0 bridgehead atoms. The van der Waals surface area contributed by atoms with Crippen molar-refractivity contribution in [1.82, 2.24) is 4.90 Å². The van der Waals surface area contributed by atoms with Crippen molar-refractivity contribution in [2.45, 2.75) is 0 Å². The summed E-state index contributed by atoms with van der Waals surface area (Å²) in [6.07, 6.45) is 0. The molecule has 0 atom stereocenters. The van der Waals surface area contributed by atoms with E-state index >= 15 is 0 Å². The molecule has 0 saturated carbocycles. The van der Waals surface area contributed by atoms with Crippen LogP contribution in [0, 0.1) is 0 Å². The number of likely N-dealkylation sites (N-methyl/N-ethyl adjacent to an activating group) is 1. The Hall–Kier alpha value is -2.41. The summed E-state index contributed by atoms with van der Waals surface area (Å²) in [5.74, 6) is -1.52. The first-order valence-corrected chi connectivity index (χ1v) is 8.51. The number of rotatable bonds is 5. The van der Waals surface area contributed by atoms with E-state index in [1.54, 1.807) is 48.3 Å². The van der Waals surface area contributed by atoms with Crippen LogP contribution in [0.4, 0.5) is 11.4 Å². The Morgan fingerprint density at radius 2 is 1.88 bits per heavy atom. The number of anilines is 2. The zero-order chi connectivity index (χ0) is 18.8. The SMILES string of the molecule is CN(CC(=O)Nc1ccccc1Cl)CN1C(=O)C(=O)c2cc(Cl)ccc21. The van der Waals surface area contributed by atoms with Crippen LogP contribution in [0.15, 0.2) is 42.5 Å². The number of nitrogens with one attached hydrogen (secondary N) is 1. The summed E-state index contributed by atoms with van der Waals surface area (Å²) < 4.78 is 0. The van der Waals surface area contributed by atoms with E-state index in [0.29, 0.717) is 21.4 Å². The van der Waals surface area contributed by atoms with Gasteiger partial charge in [-0.15, -0.1) is 0 Å². The molecule has 26 heavy (non-hydrogen) atoms. The molecular weight excluding hydrogens is 377 g/mol. The lowest BCUT2D eigenvalue weighted by molar-refractivity contribution is -0.118. The standard InChI is InChI=1S/C18H15Cl2N3O3/c1-22(9-16(24)21-14-5-3-2-4-13(14)20)10-23-15-7-6-11(19)8-12(15)17(25)18(23)26/h2-8H,9-10H2,1H3,(H,21,24). The minimum Gasteiger partial charge on any atom is -0.324 e. The summed E-state index contributed by atoms with van der Waals surface area (Å²) in [6.45, 7) is 0.112. The van der Waals surface area contributed by atoms with Crippen LogP contribution in [0.5, 0.6) is 0 Å². The van der Waals surface area contributed by atoms with Gasteiger partial charge in [-0.25, -0.2) is 0 Å². The molecule has 0 radical (unpaired) electrons. The van der Waals surface area contributed by atoms with Crippen LogP contribution in [0.3, 0.4) is 0 Å². The Kier molecular flexibility index (Phi) is 5.27. The molecule has 0 aliphatic carbocycles. The van der Waals surface area contributed by atoms with Gasteiger partial charge < -0.3 is 5.32 Å². The lowest BCUT2D eigenvalue weighted by Gasteiger charge is -2.24. The third-order valence-electron chi connectivity index (χ3n) is 3.88. The van der Waals surface area contributed by atoms with Crippen LogP contribution in [0.2, 0.25) is 10.0 Å². The van der Waals surface area contributed by atoms with Gasteiger partial charge in [0.25, 0.3) is 5.78 Å². The molecule has 0 aromatic heterocycles. The highest BCUT2D eigenvalue weighted by Crippen LogP contribution is 2.31. The zero-order valence-corrected chi connectivity index (χ0v) is 15.3. The van der Waals surface area contributed by atoms with E-state index in [1.807, 2.05) is 0 Å². The third kappa shape index (κ3) is 3.72. The molecule has 0 saturated heterocycles. The molecule has 1 heterocycles. The molecule has 2 aromatic rings. The maximum absolute atomic E-state index is 12.2. The Morgan fingerprint density at radius 3 is 2.62 bits per heavy atom. The second-order valence-electron chi connectivity index (χ2n) is 5.91. The summed E-state index contributed by atoms with van der Waals surface area (Å²) in [5.41, 5.74) is 1.28. The van der Waals surface area contributed by atoms with E-state index in [2.05, 4.69) is 5.32 Å². The molecule has 2 aromatic carbocycles. The van der Waals surface area contributed by atoms with Gasteiger partial charge in [-0.3, -0.25) is 24.2 Å². The van der Waals surface area contributed by atoms with Gasteiger partial charge in [0, 0.05) is 5.02 Å². The largest absolute Gasteiger partial charge is 0.324 e. The number of halogens is 2. The fourth-order valence-electron chi connectivity index (χ4n) is 2.70.